The monoisotopic (exact) mass is 329 g/mol. The van der Waals surface area contributed by atoms with Gasteiger partial charge in [-0.25, -0.2) is 9.18 Å². The topological polar surface area (TPSA) is 69.4 Å². The lowest BCUT2D eigenvalue weighted by atomic mass is 10.2. The number of nitro benzene ring substituents is 1. The fourth-order valence-electron chi connectivity index (χ4n) is 1.54. The number of nitro groups is 1. The Hall–Kier alpha value is -2.18. The van der Waals surface area contributed by atoms with Gasteiger partial charge in [0, 0.05) is 12.1 Å². The summed E-state index contributed by atoms with van der Waals surface area (Å²) in [6.07, 6.45) is 0. The molecule has 0 N–H and O–H groups in total. The second kappa shape index (κ2) is 6.07. The summed E-state index contributed by atoms with van der Waals surface area (Å²) in [6, 6.07) is 6.80. The number of hydrogen-bond acceptors (Lipinski definition) is 4. The quantitative estimate of drug-likeness (QED) is 0.365. The van der Waals surface area contributed by atoms with Gasteiger partial charge in [0.15, 0.2) is 0 Å². The number of ether oxygens (including phenoxy) is 1. The van der Waals surface area contributed by atoms with E-state index in [0.29, 0.717) is 0 Å². The smallest absolute Gasteiger partial charge is 0.345 e. The molecule has 0 aliphatic rings. The Balaban J connectivity index is 2.38. The first-order chi connectivity index (χ1) is 9.90. The van der Waals surface area contributed by atoms with Crippen LogP contribution in [0.5, 0.6) is 5.75 Å². The minimum atomic E-state index is -0.976. The molecule has 5 nitrogen and oxygen atoms in total. The molecule has 0 fully saturated rings. The maximum atomic E-state index is 13.1. The van der Waals surface area contributed by atoms with E-state index in [1.807, 2.05) is 0 Å². The summed E-state index contributed by atoms with van der Waals surface area (Å²) >= 11 is 11.6. The van der Waals surface area contributed by atoms with Crippen molar-refractivity contribution in [3.63, 3.8) is 0 Å². The van der Waals surface area contributed by atoms with Crippen LogP contribution in [0.25, 0.3) is 0 Å². The molecule has 0 saturated carbocycles. The van der Waals surface area contributed by atoms with Crippen LogP contribution in [0, 0.1) is 15.9 Å². The van der Waals surface area contributed by atoms with Gasteiger partial charge >= 0.3 is 11.7 Å². The number of rotatable bonds is 3. The van der Waals surface area contributed by atoms with Gasteiger partial charge in [0.05, 0.1) is 20.5 Å². The van der Waals surface area contributed by atoms with Crippen LogP contribution in [0.2, 0.25) is 10.0 Å². The third-order valence-corrected chi connectivity index (χ3v) is 3.31. The molecular formula is C13H6Cl2FNO4. The maximum absolute atomic E-state index is 13.1. The van der Waals surface area contributed by atoms with Gasteiger partial charge in [-0.3, -0.25) is 10.1 Å². The van der Waals surface area contributed by atoms with E-state index in [2.05, 4.69) is 0 Å². The van der Waals surface area contributed by atoms with Crippen LogP contribution in [0.15, 0.2) is 36.4 Å². The van der Waals surface area contributed by atoms with Gasteiger partial charge < -0.3 is 4.74 Å². The Labute approximate surface area is 128 Å². The Morgan fingerprint density at radius 2 is 1.95 bits per heavy atom. The van der Waals surface area contributed by atoms with Gasteiger partial charge in [-0.15, -0.1) is 0 Å². The largest absolute Gasteiger partial charge is 0.415 e. The van der Waals surface area contributed by atoms with Gasteiger partial charge in [-0.1, -0.05) is 29.3 Å². The highest BCUT2D eigenvalue weighted by Gasteiger charge is 2.21. The number of esters is 1. The molecule has 21 heavy (non-hydrogen) atoms. The molecule has 0 heterocycles. The zero-order valence-corrected chi connectivity index (χ0v) is 11.7. The van der Waals surface area contributed by atoms with Crippen LogP contribution < -0.4 is 4.74 Å². The molecule has 0 unspecified atom stereocenters. The minimum absolute atomic E-state index is 0.0526. The van der Waals surface area contributed by atoms with E-state index in [1.165, 1.54) is 18.2 Å². The number of carbonyl (C=O) groups is 1. The van der Waals surface area contributed by atoms with E-state index >= 15 is 0 Å². The molecule has 0 aliphatic carbocycles. The molecule has 0 aliphatic heterocycles. The highest BCUT2D eigenvalue weighted by Crippen LogP contribution is 2.30. The van der Waals surface area contributed by atoms with E-state index in [9.17, 15) is 19.3 Å². The van der Waals surface area contributed by atoms with Crippen molar-refractivity contribution in [1.29, 1.82) is 0 Å². The molecule has 8 heteroatoms. The van der Waals surface area contributed by atoms with E-state index in [-0.39, 0.29) is 15.6 Å². The van der Waals surface area contributed by atoms with E-state index in [1.54, 1.807) is 0 Å². The molecule has 0 atom stereocenters. The van der Waals surface area contributed by atoms with Gasteiger partial charge in [-0.05, 0) is 18.2 Å². The highest BCUT2D eigenvalue weighted by atomic mass is 35.5. The molecule has 2 rings (SSSR count). The molecule has 0 bridgehead atoms. The first-order valence-corrected chi connectivity index (χ1v) is 6.26. The van der Waals surface area contributed by atoms with Crippen LogP contribution in [-0.4, -0.2) is 10.9 Å². The summed E-state index contributed by atoms with van der Waals surface area (Å²) in [6.45, 7) is 0. The van der Waals surface area contributed by atoms with Crippen LogP contribution in [0.4, 0.5) is 10.1 Å². The van der Waals surface area contributed by atoms with Gasteiger partial charge in [-0.2, -0.15) is 0 Å². The molecule has 0 aromatic heterocycles. The molecule has 0 radical (unpaired) electrons. The molecule has 0 spiro atoms. The van der Waals surface area contributed by atoms with Crippen molar-refractivity contribution in [3.8, 4) is 5.75 Å². The zero-order chi connectivity index (χ0) is 15.6. The highest BCUT2D eigenvalue weighted by molar-refractivity contribution is 6.43. The van der Waals surface area contributed by atoms with Gasteiger partial charge in [0.25, 0.3) is 0 Å². The summed E-state index contributed by atoms with van der Waals surface area (Å²) in [7, 11) is 0. The van der Waals surface area contributed by atoms with Gasteiger partial charge in [0.1, 0.15) is 5.82 Å². The number of benzene rings is 2. The average Bonchev–Trinajstić information content (AvgIpc) is 2.41. The molecule has 2 aromatic carbocycles. The van der Waals surface area contributed by atoms with Gasteiger partial charge in [0.2, 0.25) is 5.75 Å². The van der Waals surface area contributed by atoms with E-state index in [0.717, 1.165) is 18.2 Å². The number of carbonyl (C=O) groups excluding carboxylic acids is 1. The average molecular weight is 330 g/mol. The van der Waals surface area contributed by atoms with Crippen molar-refractivity contribution in [3.05, 3.63) is 67.9 Å². The number of halogens is 3. The minimum Gasteiger partial charge on any atom is -0.415 e. The third kappa shape index (κ3) is 3.29. The van der Waals surface area contributed by atoms with Crippen molar-refractivity contribution in [2.24, 2.45) is 0 Å². The number of hydrogen-bond donors (Lipinski definition) is 0. The molecule has 2 aromatic rings. The van der Waals surface area contributed by atoms with E-state index in [4.69, 9.17) is 27.9 Å². The SMILES string of the molecule is O=C(Oc1cc(F)ccc1[N+](=O)[O-])c1cccc(Cl)c1Cl. The lowest BCUT2D eigenvalue weighted by Gasteiger charge is -2.07. The second-order valence-electron chi connectivity index (χ2n) is 3.86. The van der Waals surface area contributed by atoms with Crippen LogP contribution >= 0.6 is 23.2 Å². The Kier molecular flexibility index (Phi) is 4.40. The number of nitrogens with zero attached hydrogens (tertiary/aromatic N) is 1. The Morgan fingerprint density at radius 1 is 1.24 bits per heavy atom. The first kappa shape index (κ1) is 15.2. The van der Waals surface area contributed by atoms with Crippen molar-refractivity contribution < 1.29 is 18.8 Å². The van der Waals surface area contributed by atoms with Crippen molar-refractivity contribution in [2.75, 3.05) is 0 Å². The predicted octanol–water partition coefficient (Wildman–Crippen LogP) is 4.26. The summed E-state index contributed by atoms with van der Waals surface area (Å²) < 4.78 is 18.0. The Morgan fingerprint density at radius 3 is 2.62 bits per heavy atom. The van der Waals surface area contributed by atoms with Crippen LogP contribution in [-0.2, 0) is 0 Å². The third-order valence-electron chi connectivity index (χ3n) is 2.49. The molecular weight excluding hydrogens is 324 g/mol. The molecule has 0 saturated heterocycles. The fourth-order valence-corrected chi connectivity index (χ4v) is 1.91. The first-order valence-electron chi connectivity index (χ1n) is 5.50. The lowest BCUT2D eigenvalue weighted by Crippen LogP contribution is -2.10. The van der Waals surface area contributed by atoms with Crippen LogP contribution in [0.3, 0.4) is 0 Å². The van der Waals surface area contributed by atoms with Crippen molar-refractivity contribution in [2.45, 2.75) is 0 Å². The summed E-state index contributed by atoms with van der Waals surface area (Å²) in [5.74, 6) is -2.27. The zero-order valence-electron chi connectivity index (χ0n) is 10.2. The van der Waals surface area contributed by atoms with E-state index < -0.39 is 28.1 Å². The summed E-state index contributed by atoms with van der Waals surface area (Å²) in [4.78, 5) is 22.0. The van der Waals surface area contributed by atoms with Crippen molar-refractivity contribution >= 4 is 34.9 Å². The predicted molar refractivity (Wildman–Crippen MR) is 74.5 cm³/mol. The van der Waals surface area contributed by atoms with Crippen molar-refractivity contribution in [1.82, 2.24) is 0 Å². The fraction of sp³-hybridized carbons (Fsp3) is 0. The summed E-state index contributed by atoms with van der Waals surface area (Å²) in [5, 5.41) is 10.9. The summed E-state index contributed by atoms with van der Waals surface area (Å²) in [5.41, 5.74) is -0.620. The standard InChI is InChI=1S/C13H6Cl2FNO4/c14-9-3-1-2-8(12(9)15)13(18)21-11-6-7(16)4-5-10(11)17(19)20/h1-6H. The van der Waals surface area contributed by atoms with Crippen LogP contribution in [0.1, 0.15) is 10.4 Å². The maximum Gasteiger partial charge on any atom is 0.345 e. The lowest BCUT2D eigenvalue weighted by molar-refractivity contribution is -0.385. The Bertz CT molecular complexity index is 736. The molecule has 108 valence electrons. The molecule has 0 amide bonds. The second-order valence-corrected chi connectivity index (χ2v) is 4.65. The normalized spacial score (nSPS) is 10.2.